The molecule has 0 spiro atoms. The number of benzene rings is 1. The Kier molecular flexibility index (Phi) is 47.9. The fourth-order valence-corrected chi connectivity index (χ4v) is 13.9. The van der Waals surface area contributed by atoms with Crippen LogP contribution in [0, 0.1) is 29.1 Å². The van der Waals surface area contributed by atoms with E-state index in [2.05, 4.69) is 73.5 Å². The fraction of sp³-hybridized carbons (Fsp3) is 0.744. The summed E-state index contributed by atoms with van der Waals surface area (Å²) in [5.74, 6) is -17.4. The highest BCUT2D eigenvalue weighted by molar-refractivity contribution is 5.80. The van der Waals surface area contributed by atoms with Crippen LogP contribution in [0.2, 0.25) is 0 Å². The van der Waals surface area contributed by atoms with Gasteiger partial charge in [0.2, 0.25) is 76.2 Å². The Labute approximate surface area is 734 Å². The highest BCUT2D eigenvalue weighted by Crippen LogP contribution is 2.35. The number of halogens is 5. The van der Waals surface area contributed by atoms with Crippen molar-refractivity contribution in [1.82, 2.24) is 83.2 Å². The number of esters is 1. The van der Waals surface area contributed by atoms with Crippen molar-refractivity contribution in [3.05, 3.63) is 64.8 Å². The molecule has 6 heterocycles. The number of hydrogen-bond acceptors (Lipinski definition) is 36. The lowest BCUT2D eigenvalue weighted by Crippen LogP contribution is -2.65. The molecule has 128 heavy (non-hydrogen) atoms. The van der Waals surface area contributed by atoms with Crippen molar-refractivity contribution in [2.75, 3.05) is 145 Å². The molecule has 2 aromatic heterocycles. The van der Waals surface area contributed by atoms with Crippen LogP contribution in [0.25, 0.3) is 0 Å². The number of ether oxygens (including phenoxy) is 13. The largest absolute Gasteiger partial charge is 0.420 e. The van der Waals surface area contributed by atoms with Crippen LogP contribution in [0.3, 0.4) is 0 Å². The predicted octanol–water partition coefficient (Wildman–Crippen LogP) is -3.55. The van der Waals surface area contributed by atoms with E-state index >= 15 is 0 Å². The van der Waals surface area contributed by atoms with E-state index in [4.69, 9.17) is 56.8 Å². The maximum absolute atomic E-state index is 14.1. The van der Waals surface area contributed by atoms with Gasteiger partial charge in [0.1, 0.15) is 98.7 Å². The zero-order valence-corrected chi connectivity index (χ0v) is 71.8. The van der Waals surface area contributed by atoms with E-state index in [1.165, 1.54) is 47.5 Å². The van der Waals surface area contributed by atoms with Crippen LogP contribution in [0.15, 0.2) is 24.3 Å². The van der Waals surface area contributed by atoms with E-state index in [1.807, 2.05) is 0 Å². The van der Waals surface area contributed by atoms with Crippen LogP contribution in [0.4, 0.5) is 22.0 Å². The van der Waals surface area contributed by atoms with Crippen LogP contribution < -0.4 is 52.9 Å². The van der Waals surface area contributed by atoms with Crippen molar-refractivity contribution in [3.63, 3.8) is 0 Å². The molecule has 3 fully saturated rings. The van der Waals surface area contributed by atoms with Crippen molar-refractivity contribution in [2.24, 2.45) is 0 Å². The number of hydrazine groups is 2. The molecule has 724 valence electrons. The summed E-state index contributed by atoms with van der Waals surface area (Å²) >= 11 is 0. The summed E-state index contributed by atoms with van der Waals surface area (Å²) in [6.07, 6.45) is -5.49. The Balaban J connectivity index is 0.869. The quantitative estimate of drug-likeness (QED) is 0.00650. The highest BCUT2D eigenvalue weighted by atomic mass is 19.2. The normalized spacial score (nSPS) is 22.7. The van der Waals surface area contributed by atoms with Gasteiger partial charge < -0.3 is 145 Å². The van der Waals surface area contributed by atoms with Crippen molar-refractivity contribution >= 4 is 47.3 Å². The number of aliphatic hydroxyl groups is 8. The number of hydrogen-bond donors (Lipinski definition) is 17. The third-order valence-electron chi connectivity index (χ3n) is 20.6. The lowest BCUT2D eigenvalue weighted by Gasteiger charge is -2.42. The lowest BCUT2D eigenvalue weighted by atomic mass is 9.82. The number of nitrogens with one attached hydrogen (secondary N) is 9. The number of amides is 7. The number of rotatable bonds is 63. The topological polar surface area (TPSA) is 591 Å². The Morgan fingerprint density at radius 3 is 1.27 bits per heavy atom. The van der Waals surface area contributed by atoms with Gasteiger partial charge in [-0.25, -0.2) is 22.5 Å². The van der Waals surface area contributed by atoms with Gasteiger partial charge >= 0.3 is 5.97 Å². The smallest absolute Gasteiger partial charge is 0.311 e. The maximum atomic E-state index is 14.1. The summed E-state index contributed by atoms with van der Waals surface area (Å²) < 4.78 is 144. The fourth-order valence-electron chi connectivity index (χ4n) is 13.9. The molecule has 15 atom stereocenters. The molecule has 1 aromatic carbocycles. The van der Waals surface area contributed by atoms with E-state index in [0.717, 1.165) is 0 Å². The second kappa shape index (κ2) is 57.6. The molecule has 4 aliphatic heterocycles. The van der Waals surface area contributed by atoms with E-state index in [1.54, 1.807) is 6.20 Å². The Bertz CT molecular complexity index is 3880. The third-order valence-corrected chi connectivity index (χ3v) is 20.6. The molecule has 7 rings (SSSR count). The summed E-state index contributed by atoms with van der Waals surface area (Å²) in [6, 6.07) is -3.11. The average Bonchev–Trinajstić information content (AvgIpc) is 1.41. The molecule has 4 aliphatic rings. The number of unbranched alkanes of at least 4 members (excludes halogenated alkanes) is 7. The number of carbonyl (C=O) groups excluding carboxylic acids is 8. The van der Waals surface area contributed by atoms with Gasteiger partial charge in [0, 0.05) is 84.2 Å². The molecule has 7 amide bonds. The van der Waals surface area contributed by atoms with Crippen LogP contribution in [-0.2, 0) is 109 Å². The average molecular weight is 1840 g/mol. The first-order valence-corrected chi connectivity index (χ1v) is 42.4. The Morgan fingerprint density at radius 2 is 0.828 bits per heavy atom. The molecule has 0 bridgehead atoms. The predicted molar refractivity (Wildman–Crippen MR) is 428 cm³/mol. The van der Waals surface area contributed by atoms with Crippen molar-refractivity contribution in [3.8, 4) is 5.75 Å². The first-order chi connectivity index (χ1) is 61.5. The van der Waals surface area contributed by atoms with Gasteiger partial charge in [-0.05, 0) is 32.1 Å². The molecule has 0 saturated carbocycles. The molecule has 0 aliphatic carbocycles. The summed E-state index contributed by atoms with van der Waals surface area (Å²) in [4.78, 5) is 103. The minimum atomic E-state index is -2.39. The van der Waals surface area contributed by atoms with Gasteiger partial charge in [0.25, 0.3) is 0 Å². The summed E-state index contributed by atoms with van der Waals surface area (Å²) in [7, 11) is 0. The molecule has 45 nitrogen and oxygen atoms in total. The number of aliphatic hydroxyl groups excluding tert-OH is 8. The van der Waals surface area contributed by atoms with E-state index in [9.17, 15) is 101 Å². The zero-order chi connectivity index (χ0) is 92.9. The minimum Gasteiger partial charge on any atom is -0.420 e. The summed E-state index contributed by atoms with van der Waals surface area (Å²) in [6.45, 7) is 4.57. The Hall–Kier alpha value is -8.59. The van der Waals surface area contributed by atoms with Crippen molar-refractivity contribution in [2.45, 2.75) is 228 Å². The first kappa shape index (κ1) is 106. The van der Waals surface area contributed by atoms with Gasteiger partial charge in [-0.2, -0.15) is 8.78 Å². The minimum absolute atomic E-state index is 0.0131. The SMILES string of the molecule is CC(=O)N[C@@H]1[C@@H](O)[C@@H](O)[C@@H](CO)O[C@H]1C1=CN(COCCOCCOCCNC(=O)CCC(CCC(=O)NCCOCCOCCOCn2cc([C@@H]3OC[C@H](O)[C@H](O)[C@H]3NC(C)=O)nn2)(CCC(=O)NCCOCCOCCOCn2cc([C@@H]3O[C@H](CO)[C@H](O)[C@H](O)[C@H]3NC(C)=O)nn2)NC(=O)CCCCCCCCCCC(=O)Oc2c(F)c(F)c(F)c(F)c2F)NN1. The third kappa shape index (κ3) is 36.3. The highest BCUT2D eigenvalue weighted by Gasteiger charge is 2.49. The summed E-state index contributed by atoms with van der Waals surface area (Å²) in [5, 5.41) is 119. The standard InChI is InChI=1S/C78H123F5N16O29/c1-47(102)87-66-69(111)53(105)43-125-74(66)50-38-97(94-91-50)44-122-35-32-119-29-26-116-23-20-84-56(106)14-17-78(90-59(109)12-10-8-6-4-5-7-9-11-13-60(110)128-77-64(82)62(80)61(79)63(81)65(77)83,18-15-57(107)85-21-24-117-27-30-120-33-36-123-45-98-39-51(92-95-98)75-67(88-48(2)103)72(114)70(112)54(41-100)126-75)19-16-58(108)86-22-25-118-28-31-121-34-37-124-46-99-40-52(93-96-99)76-68(89-49(3)104)73(115)71(113)55(42-101)127-76/h38-40,53-55,66-76,92,95,100-101,105,111-115H,4-37,41-46H2,1-3H3,(H,84,106)(H,85,107)(H,86,108)(H,87,102)(H,88,103)(H,89,104)(H,90,109)/t53-,54+,55+,66+,67+,68+,69-,70-,71-,72+,73+,74-,75-,76-,78?/m0/s1. The molecule has 17 N–H and O–H groups in total. The van der Waals surface area contributed by atoms with Crippen molar-refractivity contribution in [1.29, 1.82) is 0 Å². The van der Waals surface area contributed by atoms with Crippen LogP contribution in [0.5, 0.6) is 5.75 Å². The molecule has 3 aromatic rings. The van der Waals surface area contributed by atoms with E-state index in [0.29, 0.717) is 56.3 Å². The molecule has 1 unspecified atom stereocenters. The van der Waals surface area contributed by atoms with E-state index in [-0.39, 0.29) is 209 Å². The molecule has 0 radical (unpaired) electrons. The number of nitrogens with zero attached hydrogens (tertiary/aromatic N) is 7. The van der Waals surface area contributed by atoms with Gasteiger partial charge in [0.05, 0.1) is 155 Å². The van der Waals surface area contributed by atoms with Gasteiger partial charge in [-0.15, -0.1) is 15.7 Å². The van der Waals surface area contributed by atoms with Gasteiger partial charge in [0.15, 0.2) is 0 Å². The van der Waals surface area contributed by atoms with E-state index < -0.39 is 186 Å². The zero-order valence-electron chi connectivity index (χ0n) is 71.8. The van der Waals surface area contributed by atoms with Crippen LogP contribution in [0.1, 0.15) is 147 Å². The first-order valence-electron chi connectivity index (χ1n) is 42.4. The van der Waals surface area contributed by atoms with Crippen molar-refractivity contribution < 1.29 is 163 Å². The second-order valence-corrected chi connectivity index (χ2v) is 30.5. The lowest BCUT2D eigenvalue weighted by molar-refractivity contribution is -0.198. The van der Waals surface area contributed by atoms with Gasteiger partial charge in [-0.3, -0.25) is 43.4 Å². The molecular weight excluding hydrogens is 1720 g/mol. The summed E-state index contributed by atoms with van der Waals surface area (Å²) in [5.41, 5.74) is 5.30. The van der Waals surface area contributed by atoms with Crippen LogP contribution >= 0.6 is 0 Å². The van der Waals surface area contributed by atoms with Gasteiger partial charge in [-0.1, -0.05) is 49.0 Å². The number of aromatic nitrogens is 6. The molecular formula is C78H123F5N16O29. The monoisotopic (exact) mass is 1840 g/mol. The molecule has 50 heteroatoms. The molecule has 3 saturated heterocycles. The number of carbonyl (C=O) groups is 8. The van der Waals surface area contributed by atoms with Crippen LogP contribution in [-0.4, -0.2) is 347 Å². The second-order valence-electron chi connectivity index (χ2n) is 30.5. The Morgan fingerprint density at radius 1 is 0.453 bits per heavy atom. The maximum Gasteiger partial charge on any atom is 0.311 e.